The number of imidazole rings is 1. The van der Waals surface area contributed by atoms with E-state index in [1.165, 1.54) is 43.2 Å². The molecule has 1 saturated carbocycles. The van der Waals surface area contributed by atoms with E-state index in [1.54, 1.807) is 6.20 Å². The zero-order valence-corrected chi connectivity index (χ0v) is 17.6. The van der Waals surface area contributed by atoms with Crippen LogP contribution in [0.2, 0.25) is 0 Å². The highest BCUT2D eigenvalue weighted by molar-refractivity contribution is 5.79. The predicted molar refractivity (Wildman–Crippen MR) is 118 cm³/mol. The number of aliphatic imine (C=N–C) groups is 1. The van der Waals surface area contributed by atoms with Crippen molar-refractivity contribution in [2.24, 2.45) is 10.4 Å². The molecule has 6 heteroatoms. The summed E-state index contributed by atoms with van der Waals surface area (Å²) in [5.74, 6) is 0.857. The molecule has 2 aromatic rings. The first-order valence-electron chi connectivity index (χ1n) is 10.9. The average Bonchev–Trinajstić information content (AvgIpc) is 3.24. The van der Waals surface area contributed by atoms with Gasteiger partial charge in [-0.3, -0.25) is 0 Å². The Morgan fingerprint density at radius 3 is 2.76 bits per heavy atom. The summed E-state index contributed by atoms with van der Waals surface area (Å²) in [7, 11) is 0. The summed E-state index contributed by atoms with van der Waals surface area (Å²) in [6.07, 6.45) is 12.7. The topological polar surface area (TPSA) is 74.5 Å². The lowest BCUT2D eigenvalue weighted by atomic mass is 9.72. The molecule has 3 N–H and O–H groups in total. The maximum Gasteiger partial charge on any atom is 0.191 e. The van der Waals surface area contributed by atoms with Crippen molar-refractivity contribution in [1.82, 2.24) is 20.2 Å². The second-order valence-electron chi connectivity index (χ2n) is 8.14. The molecule has 1 aliphatic carbocycles. The lowest BCUT2D eigenvalue weighted by Gasteiger charge is -2.37. The monoisotopic (exact) mass is 397 g/mol. The number of guanidine groups is 1. The quantitative estimate of drug-likeness (QED) is 0.448. The minimum atomic E-state index is 0.202. The Hall–Kier alpha value is -2.34. The van der Waals surface area contributed by atoms with Gasteiger partial charge in [-0.25, -0.2) is 9.98 Å². The Morgan fingerprint density at radius 2 is 2.03 bits per heavy atom. The lowest BCUT2D eigenvalue weighted by Crippen LogP contribution is -2.44. The Labute approximate surface area is 174 Å². The largest absolute Gasteiger partial charge is 0.396 e. The van der Waals surface area contributed by atoms with E-state index in [0.717, 1.165) is 32.0 Å². The lowest BCUT2D eigenvalue weighted by molar-refractivity contribution is 0.131. The van der Waals surface area contributed by atoms with Gasteiger partial charge in [0.15, 0.2) is 5.96 Å². The maximum atomic E-state index is 9.54. The Bertz CT molecular complexity index is 745. The van der Waals surface area contributed by atoms with Crippen LogP contribution in [0.5, 0.6) is 0 Å². The molecule has 1 aromatic heterocycles. The van der Waals surface area contributed by atoms with E-state index in [0.29, 0.717) is 6.54 Å². The molecule has 158 valence electrons. The first-order valence-corrected chi connectivity index (χ1v) is 10.9. The van der Waals surface area contributed by atoms with Crippen molar-refractivity contribution < 1.29 is 5.11 Å². The standard InChI is InChI=1S/C23H35N5O/c1-2-25-22(27-18-23(11-14-29)9-4-3-5-10-23)26-16-20-7-6-8-21(15-20)17-28-13-12-24-19-28/h6-8,12-13,15,19,29H,2-5,9-11,14,16-18H2,1H3,(H2,25,26,27). The molecule has 1 fully saturated rings. The Balaban J connectivity index is 1.61. The van der Waals surface area contributed by atoms with E-state index in [4.69, 9.17) is 4.99 Å². The fourth-order valence-corrected chi connectivity index (χ4v) is 4.25. The SMILES string of the molecule is CCNC(=NCc1cccc(Cn2ccnc2)c1)NCC1(CCO)CCCCC1. The number of rotatable bonds is 9. The van der Waals surface area contributed by atoms with Crippen LogP contribution in [0.4, 0.5) is 0 Å². The second kappa shape index (κ2) is 11.0. The third-order valence-electron chi connectivity index (χ3n) is 5.87. The molecule has 1 heterocycles. The van der Waals surface area contributed by atoms with E-state index >= 15 is 0 Å². The minimum Gasteiger partial charge on any atom is -0.396 e. The Morgan fingerprint density at radius 1 is 1.21 bits per heavy atom. The van der Waals surface area contributed by atoms with Gasteiger partial charge in [0.2, 0.25) is 0 Å². The molecule has 1 aromatic carbocycles. The molecular weight excluding hydrogens is 362 g/mol. The first-order chi connectivity index (χ1) is 14.2. The van der Waals surface area contributed by atoms with E-state index in [9.17, 15) is 5.11 Å². The van der Waals surface area contributed by atoms with Gasteiger partial charge in [0, 0.05) is 38.6 Å². The van der Waals surface area contributed by atoms with Crippen LogP contribution in [0.3, 0.4) is 0 Å². The maximum absolute atomic E-state index is 9.54. The van der Waals surface area contributed by atoms with Crippen molar-refractivity contribution in [3.63, 3.8) is 0 Å². The van der Waals surface area contributed by atoms with Crippen LogP contribution in [-0.2, 0) is 13.1 Å². The van der Waals surface area contributed by atoms with Gasteiger partial charge in [0.05, 0.1) is 12.9 Å². The van der Waals surface area contributed by atoms with Crippen LogP contribution >= 0.6 is 0 Å². The fourth-order valence-electron chi connectivity index (χ4n) is 4.25. The molecule has 0 spiro atoms. The van der Waals surface area contributed by atoms with Crippen molar-refractivity contribution in [1.29, 1.82) is 0 Å². The summed E-state index contributed by atoms with van der Waals surface area (Å²) in [5.41, 5.74) is 2.65. The molecule has 0 unspecified atom stereocenters. The number of aliphatic hydroxyl groups is 1. The fraction of sp³-hybridized carbons (Fsp3) is 0.565. The van der Waals surface area contributed by atoms with Gasteiger partial charge in [0.25, 0.3) is 0 Å². The molecule has 6 nitrogen and oxygen atoms in total. The van der Waals surface area contributed by atoms with Crippen LogP contribution in [0, 0.1) is 5.41 Å². The molecule has 29 heavy (non-hydrogen) atoms. The molecule has 0 bridgehead atoms. The van der Waals surface area contributed by atoms with Gasteiger partial charge in [-0.2, -0.15) is 0 Å². The van der Waals surface area contributed by atoms with E-state index in [-0.39, 0.29) is 12.0 Å². The molecule has 1 aliphatic rings. The van der Waals surface area contributed by atoms with E-state index < -0.39 is 0 Å². The number of nitrogens with zero attached hydrogens (tertiary/aromatic N) is 3. The molecular formula is C23H35N5O. The van der Waals surface area contributed by atoms with Crippen molar-refractivity contribution in [3.8, 4) is 0 Å². The number of aromatic nitrogens is 2. The van der Waals surface area contributed by atoms with E-state index in [1.807, 2.05) is 12.5 Å². The summed E-state index contributed by atoms with van der Waals surface area (Å²) in [6, 6.07) is 8.56. The van der Waals surface area contributed by atoms with Crippen molar-refractivity contribution in [3.05, 3.63) is 54.1 Å². The van der Waals surface area contributed by atoms with Crippen LogP contribution in [-0.4, -0.2) is 40.3 Å². The third kappa shape index (κ3) is 6.60. The summed E-state index contributed by atoms with van der Waals surface area (Å²) < 4.78 is 2.07. The van der Waals surface area contributed by atoms with E-state index in [2.05, 4.69) is 51.4 Å². The zero-order valence-electron chi connectivity index (χ0n) is 17.6. The van der Waals surface area contributed by atoms with Crippen molar-refractivity contribution in [2.45, 2.75) is 58.5 Å². The number of benzene rings is 1. The first kappa shape index (κ1) is 21.4. The average molecular weight is 398 g/mol. The summed E-state index contributed by atoms with van der Waals surface area (Å²) in [5, 5.41) is 16.5. The van der Waals surface area contributed by atoms with Crippen LogP contribution in [0.1, 0.15) is 56.6 Å². The molecule has 0 atom stereocenters. The van der Waals surface area contributed by atoms with Gasteiger partial charge in [-0.05, 0) is 42.7 Å². The highest BCUT2D eigenvalue weighted by atomic mass is 16.3. The third-order valence-corrected chi connectivity index (χ3v) is 5.87. The molecule has 0 radical (unpaired) electrons. The van der Waals surface area contributed by atoms with Gasteiger partial charge in [-0.1, -0.05) is 43.5 Å². The predicted octanol–water partition coefficient (Wildman–Crippen LogP) is 3.32. The van der Waals surface area contributed by atoms with Crippen molar-refractivity contribution >= 4 is 5.96 Å². The highest BCUT2D eigenvalue weighted by Gasteiger charge is 2.31. The van der Waals surface area contributed by atoms with Gasteiger partial charge >= 0.3 is 0 Å². The second-order valence-corrected chi connectivity index (χ2v) is 8.14. The summed E-state index contributed by atoms with van der Waals surface area (Å²) in [4.78, 5) is 8.92. The smallest absolute Gasteiger partial charge is 0.191 e. The normalized spacial score (nSPS) is 16.6. The minimum absolute atomic E-state index is 0.202. The van der Waals surface area contributed by atoms with Gasteiger partial charge in [-0.15, -0.1) is 0 Å². The van der Waals surface area contributed by atoms with Crippen LogP contribution in [0.25, 0.3) is 0 Å². The van der Waals surface area contributed by atoms with Crippen molar-refractivity contribution in [2.75, 3.05) is 19.7 Å². The number of aliphatic hydroxyl groups excluding tert-OH is 1. The summed E-state index contributed by atoms with van der Waals surface area (Å²) >= 11 is 0. The number of nitrogens with one attached hydrogen (secondary N) is 2. The number of hydrogen-bond acceptors (Lipinski definition) is 3. The Kier molecular flexibility index (Phi) is 8.11. The van der Waals surface area contributed by atoms with Crippen LogP contribution in [0.15, 0.2) is 48.0 Å². The molecule has 0 saturated heterocycles. The van der Waals surface area contributed by atoms with Gasteiger partial charge in [0.1, 0.15) is 0 Å². The van der Waals surface area contributed by atoms with Crippen LogP contribution < -0.4 is 10.6 Å². The molecule has 3 rings (SSSR count). The zero-order chi connectivity index (χ0) is 20.4. The molecule has 0 amide bonds. The van der Waals surface area contributed by atoms with Gasteiger partial charge < -0.3 is 20.3 Å². The molecule has 0 aliphatic heterocycles. The highest BCUT2D eigenvalue weighted by Crippen LogP contribution is 2.38. The number of hydrogen-bond donors (Lipinski definition) is 3. The summed E-state index contributed by atoms with van der Waals surface area (Å²) in [6.45, 7) is 5.52.